The number of carbonyl (C=O) groups excluding carboxylic acids is 1. The summed E-state index contributed by atoms with van der Waals surface area (Å²) in [7, 11) is -5.17. The monoisotopic (exact) mass is 190 g/mol. The molecule has 0 saturated heterocycles. The SMILES string of the molecule is CC(=O)[O-].O=S(=O)([O-])[O-].[Cl-]. The van der Waals surface area contributed by atoms with Crippen molar-refractivity contribution < 1.29 is 39.8 Å². The molecule has 0 fully saturated rings. The Morgan fingerprint density at radius 2 is 1.30 bits per heavy atom. The number of hydrogen-bond acceptors (Lipinski definition) is 6. The fourth-order valence-electron chi connectivity index (χ4n) is 0. The molecule has 0 amide bonds. The van der Waals surface area contributed by atoms with Crippen LogP contribution in [0, 0.1) is 0 Å². The molecule has 0 atom stereocenters. The number of carboxylic acid groups (broad SMARTS) is 1. The highest BCUT2D eigenvalue weighted by atomic mass is 35.5. The fourth-order valence-corrected chi connectivity index (χ4v) is 0. The number of rotatable bonds is 0. The van der Waals surface area contributed by atoms with Crippen LogP contribution in [0.25, 0.3) is 0 Å². The van der Waals surface area contributed by atoms with Crippen LogP contribution in [-0.4, -0.2) is 23.5 Å². The number of carboxylic acids is 1. The summed E-state index contributed by atoms with van der Waals surface area (Å²) >= 11 is 0. The van der Waals surface area contributed by atoms with Gasteiger partial charge in [0.1, 0.15) is 0 Å². The van der Waals surface area contributed by atoms with E-state index in [2.05, 4.69) is 0 Å². The molecule has 0 bridgehead atoms. The molecule has 0 aliphatic carbocycles. The van der Waals surface area contributed by atoms with Crippen LogP contribution in [0.2, 0.25) is 0 Å². The molecule has 0 aliphatic rings. The van der Waals surface area contributed by atoms with Gasteiger partial charge in [-0.15, -0.1) is 0 Å². The van der Waals surface area contributed by atoms with Gasteiger partial charge in [0.2, 0.25) is 0 Å². The van der Waals surface area contributed by atoms with E-state index in [4.69, 9.17) is 27.4 Å². The molecule has 0 aromatic heterocycles. The van der Waals surface area contributed by atoms with Crippen LogP contribution in [-0.2, 0) is 15.2 Å². The second-order valence-corrected chi connectivity index (χ2v) is 1.72. The molecule has 0 spiro atoms. The lowest BCUT2D eigenvalue weighted by atomic mass is 10.9. The van der Waals surface area contributed by atoms with E-state index in [9.17, 15) is 0 Å². The van der Waals surface area contributed by atoms with Crippen molar-refractivity contribution in [2.45, 2.75) is 6.92 Å². The maximum Gasteiger partial charge on any atom is 0.0383 e. The van der Waals surface area contributed by atoms with E-state index in [1.807, 2.05) is 0 Å². The Morgan fingerprint density at radius 1 is 1.30 bits per heavy atom. The van der Waals surface area contributed by atoms with E-state index in [1.165, 1.54) is 0 Å². The van der Waals surface area contributed by atoms with Crippen LogP contribution >= 0.6 is 0 Å². The highest BCUT2D eigenvalue weighted by Crippen LogP contribution is 1.57. The number of carbonyl (C=O) groups is 1. The van der Waals surface area contributed by atoms with Gasteiger partial charge in [-0.2, -0.15) is 0 Å². The van der Waals surface area contributed by atoms with Crippen LogP contribution in [0.15, 0.2) is 0 Å². The van der Waals surface area contributed by atoms with Gasteiger partial charge in [-0.25, -0.2) is 0 Å². The second kappa shape index (κ2) is 6.75. The first kappa shape index (κ1) is 16.3. The quantitative estimate of drug-likeness (QED) is 0.277. The zero-order valence-corrected chi connectivity index (χ0v) is 6.31. The maximum atomic E-state index is 8.89. The molecule has 0 saturated carbocycles. The highest BCUT2D eigenvalue weighted by molar-refractivity contribution is 7.79. The molecule has 10 heavy (non-hydrogen) atoms. The van der Waals surface area contributed by atoms with Crippen molar-refractivity contribution >= 4 is 16.4 Å². The molecule has 8 heteroatoms. The summed E-state index contributed by atoms with van der Waals surface area (Å²) in [4.78, 5) is 8.89. The number of hydrogen-bond donors (Lipinski definition) is 0. The van der Waals surface area contributed by atoms with Gasteiger partial charge in [0, 0.05) is 16.4 Å². The molecule has 0 rings (SSSR count). The second-order valence-electron chi connectivity index (χ2n) is 0.900. The summed E-state index contributed by atoms with van der Waals surface area (Å²) in [6.07, 6.45) is 0. The van der Waals surface area contributed by atoms with Gasteiger partial charge in [0.25, 0.3) is 0 Å². The first-order valence-electron chi connectivity index (χ1n) is 1.57. The van der Waals surface area contributed by atoms with E-state index < -0.39 is 16.4 Å². The average Bonchev–Trinajstić information content (AvgIpc) is 1.19. The summed E-state index contributed by atoms with van der Waals surface area (Å²) in [6.45, 7) is 0.972. The average molecular weight is 191 g/mol. The third-order valence-corrected chi connectivity index (χ3v) is 0. The Kier molecular flexibility index (Phi) is 11.0. The summed E-state index contributed by atoms with van der Waals surface area (Å²) < 4.78 is 34.1. The van der Waals surface area contributed by atoms with Gasteiger partial charge in [0.05, 0.1) is 0 Å². The largest absolute Gasteiger partial charge is 1.00 e. The van der Waals surface area contributed by atoms with Crippen molar-refractivity contribution in [3.63, 3.8) is 0 Å². The van der Waals surface area contributed by atoms with Crippen LogP contribution in [0.4, 0.5) is 0 Å². The lowest BCUT2D eigenvalue weighted by Gasteiger charge is -2.06. The van der Waals surface area contributed by atoms with E-state index in [1.54, 1.807) is 0 Å². The molecule has 0 aliphatic heterocycles. The standard InChI is InChI=1S/C2H4O2.ClH.H2O4S/c1-2(3)4;;1-5(2,3)4/h1H3,(H,3,4);1H;(H2,1,2,3,4)/p-4. The van der Waals surface area contributed by atoms with Crippen molar-refractivity contribution in [1.82, 2.24) is 0 Å². The van der Waals surface area contributed by atoms with Crippen molar-refractivity contribution in [2.24, 2.45) is 0 Å². The normalized spacial score (nSPS) is 8.30. The summed E-state index contributed by atoms with van der Waals surface area (Å²) in [6, 6.07) is 0. The molecule has 0 unspecified atom stereocenters. The van der Waals surface area contributed by atoms with Gasteiger partial charge < -0.3 is 31.4 Å². The minimum atomic E-state index is -5.17. The summed E-state index contributed by atoms with van der Waals surface area (Å²) in [5, 5.41) is 8.89. The molecule has 0 radical (unpaired) electrons. The molecule has 0 heterocycles. The summed E-state index contributed by atoms with van der Waals surface area (Å²) in [5.74, 6) is -1.08. The predicted octanol–water partition coefficient (Wildman–Crippen LogP) is -5.58. The van der Waals surface area contributed by atoms with Crippen molar-refractivity contribution in [2.75, 3.05) is 0 Å². The van der Waals surface area contributed by atoms with E-state index in [-0.39, 0.29) is 12.4 Å². The van der Waals surface area contributed by atoms with E-state index in [0.717, 1.165) is 6.92 Å². The smallest absolute Gasteiger partial charge is 0.0383 e. The van der Waals surface area contributed by atoms with Crippen LogP contribution < -0.4 is 17.5 Å². The Bertz CT molecular complexity index is 158. The van der Waals surface area contributed by atoms with Crippen LogP contribution in [0.3, 0.4) is 0 Å². The summed E-state index contributed by atoms with van der Waals surface area (Å²) in [5.41, 5.74) is 0. The molecular weight excluding hydrogens is 188 g/mol. The highest BCUT2D eigenvalue weighted by Gasteiger charge is 1.49. The third kappa shape index (κ3) is 2450. The maximum absolute atomic E-state index is 8.89. The molecule has 0 aromatic carbocycles. The van der Waals surface area contributed by atoms with Crippen LogP contribution in [0.5, 0.6) is 0 Å². The molecule has 0 N–H and O–H groups in total. The topological polar surface area (TPSA) is 120 Å². The predicted molar refractivity (Wildman–Crippen MR) is 21.2 cm³/mol. The van der Waals surface area contributed by atoms with Crippen LogP contribution in [0.1, 0.15) is 6.92 Å². The van der Waals surface area contributed by atoms with Gasteiger partial charge in [0.15, 0.2) is 0 Å². The molecule has 0 aromatic rings. The van der Waals surface area contributed by atoms with Crippen molar-refractivity contribution in [3.05, 3.63) is 0 Å². The first-order chi connectivity index (χ1) is 3.73. The minimum absolute atomic E-state index is 0. The zero-order chi connectivity index (χ0) is 8.08. The lowest BCUT2D eigenvalue weighted by Crippen LogP contribution is -3.00. The molecule has 6 nitrogen and oxygen atoms in total. The number of halogens is 1. The Balaban J connectivity index is -0.0000000910. The Hall–Kier alpha value is -0.370. The van der Waals surface area contributed by atoms with Gasteiger partial charge in [-0.1, -0.05) is 0 Å². The van der Waals surface area contributed by atoms with Crippen molar-refractivity contribution in [1.29, 1.82) is 0 Å². The minimum Gasteiger partial charge on any atom is -1.00 e. The van der Waals surface area contributed by atoms with Crippen molar-refractivity contribution in [3.8, 4) is 0 Å². The van der Waals surface area contributed by atoms with Gasteiger partial charge in [-0.3, -0.25) is 8.42 Å². The third-order valence-electron chi connectivity index (χ3n) is 0. The lowest BCUT2D eigenvalue weighted by molar-refractivity contribution is -0.302. The molecule has 64 valence electrons. The van der Waals surface area contributed by atoms with E-state index in [0.29, 0.717) is 0 Å². The fraction of sp³-hybridized carbons (Fsp3) is 0.500. The Labute approximate surface area is 63.9 Å². The van der Waals surface area contributed by atoms with Gasteiger partial charge in [-0.05, 0) is 6.92 Å². The number of aliphatic carboxylic acids is 1. The molecular formula is C2H3ClO6S-4. The van der Waals surface area contributed by atoms with E-state index >= 15 is 0 Å². The van der Waals surface area contributed by atoms with Gasteiger partial charge >= 0.3 is 0 Å². The zero-order valence-electron chi connectivity index (χ0n) is 4.74. The Morgan fingerprint density at radius 3 is 1.30 bits per heavy atom. The first-order valence-corrected chi connectivity index (χ1v) is 2.91.